The molecule has 1 aliphatic carbocycles. The van der Waals surface area contributed by atoms with E-state index in [9.17, 15) is 0 Å². The third-order valence-electron chi connectivity index (χ3n) is 4.52. The van der Waals surface area contributed by atoms with Gasteiger partial charge in [0.15, 0.2) is 0 Å². The van der Waals surface area contributed by atoms with Crippen LogP contribution in [0.15, 0.2) is 0 Å². The van der Waals surface area contributed by atoms with Gasteiger partial charge in [-0.25, -0.2) is 0 Å². The van der Waals surface area contributed by atoms with Gasteiger partial charge in [0.05, 0.1) is 6.10 Å². The molecule has 2 atom stereocenters. The van der Waals surface area contributed by atoms with Crippen LogP contribution in [0.3, 0.4) is 0 Å². The third kappa shape index (κ3) is 6.76. The Morgan fingerprint density at radius 2 is 1.63 bits per heavy atom. The highest BCUT2D eigenvalue weighted by Gasteiger charge is 2.28. The molecule has 2 unspecified atom stereocenters. The van der Waals surface area contributed by atoms with Crippen molar-refractivity contribution in [3.8, 4) is 0 Å². The average Bonchev–Trinajstić information content (AvgIpc) is 2.86. The molecular weight excluding hydrogens is 234 g/mol. The predicted octanol–water partition coefficient (Wildman–Crippen LogP) is 4.67. The molecule has 0 radical (unpaired) electrons. The standard InChI is InChI=1S/C17H35NO/c1-4-6-8-11-15(12-9-7-5-2)18-16-13-10-14-17(16)19-3/h15-18H,4-14H2,1-3H3. The molecule has 2 nitrogen and oxygen atoms in total. The van der Waals surface area contributed by atoms with Crippen LogP contribution >= 0.6 is 0 Å². The van der Waals surface area contributed by atoms with E-state index in [0.29, 0.717) is 12.1 Å². The maximum Gasteiger partial charge on any atom is 0.0724 e. The van der Waals surface area contributed by atoms with E-state index >= 15 is 0 Å². The van der Waals surface area contributed by atoms with Crippen molar-refractivity contribution in [1.29, 1.82) is 0 Å². The number of hydrogen-bond donors (Lipinski definition) is 1. The van der Waals surface area contributed by atoms with E-state index < -0.39 is 0 Å². The van der Waals surface area contributed by atoms with E-state index in [2.05, 4.69) is 19.2 Å². The molecule has 0 spiro atoms. The molecule has 1 fully saturated rings. The van der Waals surface area contributed by atoms with Crippen molar-refractivity contribution in [3.63, 3.8) is 0 Å². The maximum absolute atomic E-state index is 5.61. The summed E-state index contributed by atoms with van der Waals surface area (Å²) >= 11 is 0. The third-order valence-corrected chi connectivity index (χ3v) is 4.52. The zero-order valence-corrected chi connectivity index (χ0v) is 13.4. The van der Waals surface area contributed by atoms with Gasteiger partial charge in [-0.3, -0.25) is 0 Å². The average molecular weight is 269 g/mol. The molecule has 1 rings (SSSR count). The molecule has 0 aromatic carbocycles. The van der Waals surface area contributed by atoms with Crippen LogP contribution in [0.2, 0.25) is 0 Å². The minimum atomic E-state index is 0.458. The molecule has 2 heteroatoms. The molecule has 0 amide bonds. The molecule has 1 saturated carbocycles. The van der Waals surface area contributed by atoms with Crippen LogP contribution in [0.4, 0.5) is 0 Å². The van der Waals surface area contributed by atoms with Crippen LogP contribution in [0.1, 0.15) is 84.5 Å². The van der Waals surface area contributed by atoms with Gasteiger partial charge in [0.25, 0.3) is 0 Å². The van der Waals surface area contributed by atoms with Crippen LogP contribution in [-0.4, -0.2) is 25.3 Å². The molecule has 0 aromatic heterocycles. The first kappa shape index (κ1) is 17.0. The van der Waals surface area contributed by atoms with E-state index in [0.717, 1.165) is 6.04 Å². The lowest BCUT2D eigenvalue weighted by Crippen LogP contribution is -2.43. The largest absolute Gasteiger partial charge is 0.380 e. The molecular formula is C17H35NO. The normalized spacial score (nSPS) is 23.4. The first-order valence-electron chi connectivity index (χ1n) is 8.60. The Hall–Kier alpha value is -0.0800. The molecule has 0 aliphatic heterocycles. The van der Waals surface area contributed by atoms with Gasteiger partial charge in [-0.15, -0.1) is 0 Å². The zero-order chi connectivity index (χ0) is 13.9. The lowest BCUT2D eigenvalue weighted by atomic mass is 10.0. The summed E-state index contributed by atoms with van der Waals surface area (Å²) in [4.78, 5) is 0. The summed E-state index contributed by atoms with van der Waals surface area (Å²) < 4.78 is 5.61. The molecule has 0 heterocycles. The summed E-state index contributed by atoms with van der Waals surface area (Å²) in [7, 11) is 1.87. The Balaban J connectivity index is 2.33. The fourth-order valence-corrected chi connectivity index (χ4v) is 3.29. The molecule has 1 N–H and O–H groups in total. The second-order valence-electron chi connectivity index (χ2n) is 6.17. The highest BCUT2D eigenvalue weighted by molar-refractivity contribution is 4.86. The van der Waals surface area contributed by atoms with Gasteiger partial charge in [-0.05, 0) is 32.1 Å². The molecule has 114 valence electrons. The number of rotatable bonds is 11. The van der Waals surface area contributed by atoms with Gasteiger partial charge in [-0.1, -0.05) is 52.4 Å². The van der Waals surface area contributed by atoms with Crippen LogP contribution in [0.25, 0.3) is 0 Å². The van der Waals surface area contributed by atoms with E-state index in [-0.39, 0.29) is 0 Å². The quantitative estimate of drug-likeness (QED) is 0.550. The maximum atomic E-state index is 5.61. The summed E-state index contributed by atoms with van der Waals surface area (Å²) in [5, 5.41) is 3.91. The SMILES string of the molecule is CCCCCC(CCCCC)NC1CCCC1OC. The summed E-state index contributed by atoms with van der Waals surface area (Å²) in [6.45, 7) is 4.58. The summed E-state index contributed by atoms with van der Waals surface area (Å²) in [5.74, 6) is 0. The minimum Gasteiger partial charge on any atom is -0.380 e. The summed E-state index contributed by atoms with van der Waals surface area (Å²) in [5.41, 5.74) is 0. The van der Waals surface area contributed by atoms with Crippen molar-refractivity contribution in [1.82, 2.24) is 5.32 Å². The molecule has 0 bridgehead atoms. The minimum absolute atomic E-state index is 0.458. The van der Waals surface area contributed by atoms with Crippen LogP contribution < -0.4 is 5.32 Å². The van der Waals surface area contributed by atoms with Gasteiger partial charge >= 0.3 is 0 Å². The van der Waals surface area contributed by atoms with Gasteiger partial charge in [0.1, 0.15) is 0 Å². The molecule has 19 heavy (non-hydrogen) atoms. The van der Waals surface area contributed by atoms with E-state index in [1.807, 2.05) is 7.11 Å². The number of ether oxygens (including phenoxy) is 1. The van der Waals surface area contributed by atoms with Crippen molar-refractivity contribution in [3.05, 3.63) is 0 Å². The monoisotopic (exact) mass is 269 g/mol. The van der Waals surface area contributed by atoms with Gasteiger partial charge in [0.2, 0.25) is 0 Å². The second-order valence-corrected chi connectivity index (χ2v) is 6.17. The number of nitrogens with one attached hydrogen (secondary N) is 1. The Morgan fingerprint density at radius 3 is 2.16 bits per heavy atom. The van der Waals surface area contributed by atoms with E-state index in [1.54, 1.807) is 0 Å². The van der Waals surface area contributed by atoms with Gasteiger partial charge in [0, 0.05) is 19.2 Å². The number of unbranched alkanes of at least 4 members (excludes halogenated alkanes) is 4. The smallest absolute Gasteiger partial charge is 0.0724 e. The number of hydrogen-bond acceptors (Lipinski definition) is 2. The van der Waals surface area contributed by atoms with E-state index in [4.69, 9.17) is 4.74 Å². The fraction of sp³-hybridized carbons (Fsp3) is 1.00. The fourth-order valence-electron chi connectivity index (χ4n) is 3.29. The highest BCUT2D eigenvalue weighted by Crippen LogP contribution is 2.23. The lowest BCUT2D eigenvalue weighted by Gasteiger charge is -2.27. The van der Waals surface area contributed by atoms with Crippen LogP contribution in [0, 0.1) is 0 Å². The number of methoxy groups -OCH3 is 1. The summed E-state index contributed by atoms with van der Waals surface area (Å²) in [6.07, 6.45) is 15.2. The molecule has 1 aliphatic rings. The topological polar surface area (TPSA) is 21.3 Å². The first-order valence-corrected chi connectivity index (χ1v) is 8.60. The van der Waals surface area contributed by atoms with Gasteiger partial charge < -0.3 is 10.1 Å². The Labute approximate surface area is 120 Å². The van der Waals surface area contributed by atoms with E-state index in [1.165, 1.54) is 70.6 Å². The van der Waals surface area contributed by atoms with Crippen LogP contribution in [-0.2, 0) is 4.74 Å². The predicted molar refractivity (Wildman–Crippen MR) is 83.6 cm³/mol. The Morgan fingerprint density at radius 1 is 1.00 bits per heavy atom. The van der Waals surface area contributed by atoms with Crippen molar-refractivity contribution in [2.45, 2.75) is 103 Å². The molecule has 0 saturated heterocycles. The van der Waals surface area contributed by atoms with Crippen molar-refractivity contribution >= 4 is 0 Å². The Bertz CT molecular complexity index is 197. The van der Waals surface area contributed by atoms with Crippen molar-refractivity contribution in [2.24, 2.45) is 0 Å². The first-order chi connectivity index (χ1) is 9.31. The zero-order valence-electron chi connectivity index (χ0n) is 13.4. The van der Waals surface area contributed by atoms with Crippen LogP contribution in [0.5, 0.6) is 0 Å². The van der Waals surface area contributed by atoms with Crippen molar-refractivity contribution in [2.75, 3.05) is 7.11 Å². The van der Waals surface area contributed by atoms with Crippen molar-refractivity contribution < 1.29 is 4.74 Å². The summed E-state index contributed by atoms with van der Waals surface area (Å²) in [6, 6.07) is 1.33. The Kier molecular flexibility index (Phi) is 9.54. The lowest BCUT2D eigenvalue weighted by molar-refractivity contribution is 0.0800. The highest BCUT2D eigenvalue weighted by atomic mass is 16.5. The molecule has 0 aromatic rings. The van der Waals surface area contributed by atoms with Gasteiger partial charge in [-0.2, -0.15) is 0 Å². The second kappa shape index (κ2) is 10.7.